The van der Waals surface area contributed by atoms with E-state index >= 15 is 0 Å². The molecule has 0 fully saturated rings. The summed E-state index contributed by atoms with van der Waals surface area (Å²) < 4.78 is 5.26. The second-order valence-electron chi connectivity index (χ2n) is 6.14. The number of amides is 1. The van der Waals surface area contributed by atoms with E-state index in [0.717, 1.165) is 0 Å². The second kappa shape index (κ2) is 6.75. The first-order valence-electron chi connectivity index (χ1n) is 6.97. The van der Waals surface area contributed by atoms with Crippen molar-refractivity contribution in [1.29, 1.82) is 0 Å². The second-order valence-corrected chi connectivity index (χ2v) is 6.14. The molecule has 0 aliphatic rings. The van der Waals surface area contributed by atoms with E-state index in [2.05, 4.69) is 31.3 Å². The highest BCUT2D eigenvalue weighted by Crippen LogP contribution is 2.15. The van der Waals surface area contributed by atoms with Gasteiger partial charge in [-0.1, -0.05) is 18.2 Å². The van der Waals surface area contributed by atoms with E-state index in [1.165, 1.54) is 16.7 Å². The minimum atomic E-state index is -0.498. The molecule has 1 unspecified atom stereocenters. The summed E-state index contributed by atoms with van der Waals surface area (Å²) in [6.45, 7) is 10.1. The topological polar surface area (TPSA) is 64.3 Å². The van der Waals surface area contributed by atoms with Crippen molar-refractivity contribution in [2.45, 2.75) is 52.7 Å². The van der Waals surface area contributed by atoms with Crippen LogP contribution in [-0.4, -0.2) is 24.3 Å². The van der Waals surface area contributed by atoms with Crippen molar-refractivity contribution in [3.05, 3.63) is 34.9 Å². The molecule has 112 valence electrons. The Morgan fingerprint density at radius 3 is 2.55 bits per heavy atom. The molecule has 0 radical (unpaired) electrons. The van der Waals surface area contributed by atoms with Crippen LogP contribution in [0.4, 0.5) is 4.79 Å². The predicted molar refractivity (Wildman–Crippen MR) is 81.8 cm³/mol. The molecule has 0 aliphatic heterocycles. The predicted octanol–water partition coefficient (Wildman–Crippen LogP) is 2.70. The fraction of sp³-hybridized carbons (Fsp3) is 0.562. The molecular weight excluding hydrogens is 252 g/mol. The molecule has 0 saturated carbocycles. The Morgan fingerprint density at radius 1 is 1.35 bits per heavy atom. The Labute approximate surface area is 121 Å². The molecule has 1 aromatic rings. The standard InChI is InChI=1S/C16H26N2O2/c1-11-7-6-8-13(12(11)2)9-14(10-17)18-15(19)20-16(3,4)5/h6-8,14H,9-10,17H2,1-5H3,(H,18,19). The van der Waals surface area contributed by atoms with E-state index < -0.39 is 11.7 Å². The summed E-state index contributed by atoms with van der Waals surface area (Å²) in [6.07, 6.45) is 0.293. The van der Waals surface area contributed by atoms with Crippen LogP contribution >= 0.6 is 0 Å². The summed E-state index contributed by atoms with van der Waals surface area (Å²) in [5.41, 5.74) is 8.95. The van der Waals surface area contributed by atoms with E-state index in [9.17, 15) is 4.79 Å². The molecule has 1 aromatic carbocycles. The Bertz CT molecular complexity index is 464. The number of ether oxygens (including phenoxy) is 1. The van der Waals surface area contributed by atoms with Gasteiger partial charge in [0.15, 0.2) is 0 Å². The number of hydrogen-bond acceptors (Lipinski definition) is 3. The van der Waals surface area contributed by atoms with Gasteiger partial charge >= 0.3 is 6.09 Å². The molecule has 4 nitrogen and oxygen atoms in total. The van der Waals surface area contributed by atoms with Crippen molar-refractivity contribution in [1.82, 2.24) is 5.32 Å². The van der Waals surface area contributed by atoms with Gasteiger partial charge in [-0.25, -0.2) is 4.79 Å². The van der Waals surface area contributed by atoms with Crippen LogP contribution in [0, 0.1) is 13.8 Å². The van der Waals surface area contributed by atoms with Crippen molar-refractivity contribution in [3.8, 4) is 0 Å². The molecule has 1 rings (SSSR count). The Kier molecular flexibility index (Phi) is 5.57. The molecule has 0 spiro atoms. The minimum absolute atomic E-state index is 0.120. The molecule has 0 bridgehead atoms. The van der Waals surface area contributed by atoms with E-state index in [1.807, 2.05) is 26.8 Å². The summed E-state index contributed by atoms with van der Waals surface area (Å²) >= 11 is 0. The van der Waals surface area contributed by atoms with Crippen LogP contribution in [0.3, 0.4) is 0 Å². The van der Waals surface area contributed by atoms with Crippen LogP contribution in [-0.2, 0) is 11.2 Å². The molecule has 0 heterocycles. The average molecular weight is 278 g/mol. The van der Waals surface area contributed by atoms with Gasteiger partial charge in [0.1, 0.15) is 5.60 Å². The zero-order chi connectivity index (χ0) is 15.3. The molecule has 3 N–H and O–H groups in total. The van der Waals surface area contributed by atoms with Gasteiger partial charge < -0.3 is 15.8 Å². The lowest BCUT2D eigenvalue weighted by atomic mass is 9.98. The van der Waals surface area contributed by atoms with Crippen LogP contribution < -0.4 is 11.1 Å². The monoisotopic (exact) mass is 278 g/mol. The third-order valence-corrected chi connectivity index (χ3v) is 3.19. The van der Waals surface area contributed by atoms with E-state index in [0.29, 0.717) is 13.0 Å². The van der Waals surface area contributed by atoms with Gasteiger partial charge in [0.25, 0.3) is 0 Å². The summed E-state index contributed by atoms with van der Waals surface area (Å²) in [7, 11) is 0. The van der Waals surface area contributed by atoms with Gasteiger partial charge in [-0.05, 0) is 57.7 Å². The highest BCUT2D eigenvalue weighted by Gasteiger charge is 2.19. The Hall–Kier alpha value is -1.55. The Balaban J connectivity index is 2.68. The number of carbonyl (C=O) groups excluding carboxylic acids is 1. The maximum atomic E-state index is 11.8. The number of hydrogen-bond donors (Lipinski definition) is 2. The van der Waals surface area contributed by atoms with Gasteiger partial charge in [0.2, 0.25) is 0 Å². The first-order chi connectivity index (χ1) is 9.23. The lowest BCUT2D eigenvalue weighted by Crippen LogP contribution is -2.44. The molecule has 1 amide bonds. The van der Waals surface area contributed by atoms with Gasteiger partial charge in [0.05, 0.1) is 0 Å². The molecule has 0 saturated heterocycles. The van der Waals surface area contributed by atoms with Gasteiger partial charge in [0, 0.05) is 12.6 Å². The number of aryl methyl sites for hydroxylation is 1. The summed E-state index contributed by atoms with van der Waals surface area (Å²) in [5, 5.41) is 2.83. The van der Waals surface area contributed by atoms with Crippen molar-refractivity contribution in [2.75, 3.05) is 6.54 Å². The third kappa shape index (κ3) is 5.21. The van der Waals surface area contributed by atoms with E-state index in [4.69, 9.17) is 10.5 Å². The number of alkyl carbamates (subject to hydrolysis) is 1. The lowest BCUT2D eigenvalue weighted by Gasteiger charge is -2.23. The van der Waals surface area contributed by atoms with Crippen LogP contribution in [0.2, 0.25) is 0 Å². The highest BCUT2D eigenvalue weighted by molar-refractivity contribution is 5.68. The van der Waals surface area contributed by atoms with Gasteiger partial charge in [-0.2, -0.15) is 0 Å². The molecule has 0 aromatic heterocycles. The number of rotatable bonds is 4. The smallest absolute Gasteiger partial charge is 0.407 e. The SMILES string of the molecule is Cc1cccc(CC(CN)NC(=O)OC(C)(C)C)c1C. The fourth-order valence-electron chi connectivity index (χ4n) is 1.97. The number of carbonyl (C=O) groups is 1. The molecule has 4 heteroatoms. The lowest BCUT2D eigenvalue weighted by molar-refractivity contribution is 0.0506. The largest absolute Gasteiger partial charge is 0.444 e. The van der Waals surface area contributed by atoms with Gasteiger partial charge in [-0.15, -0.1) is 0 Å². The van der Waals surface area contributed by atoms with Crippen molar-refractivity contribution in [2.24, 2.45) is 5.73 Å². The van der Waals surface area contributed by atoms with Crippen LogP contribution in [0.5, 0.6) is 0 Å². The average Bonchev–Trinajstić information content (AvgIpc) is 2.31. The van der Waals surface area contributed by atoms with Crippen LogP contribution in [0.1, 0.15) is 37.5 Å². The molecule has 0 aliphatic carbocycles. The zero-order valence-corrected chi connectivity index (χ0v) is 13.1. The summed E-state index contributed by atoms with van der Waals surface area (Å²) in [6, 6.07) is 6.06. The van der Waals surface area contributed by atoms with Crippen molar-refractivity contribution in [3.63, 3.8) is 0 Å². The van der Waals surface area contributed by atoms with Gasteiger partial charge in [-0.3, -0.25) is 0 Å². The maximum Gasteiger partial charge on any atom is 0.407 e. The maximum absolute atomic E-state index is 11.8. The zero-order valence-electron chi connectivity index (χ0n) is 13.1. The molecular formula is C16H26N2O2. The van der Waals surface area contributed by atoms with Crippen LogP contribution in [0.15, 0.2) is 18.2 Å². The Morgan fingerprint density at radius 2 is 2.00 bits per heavy atom. The number of benzene rings is 1. The normalized spacial score (nSPS) is 12.9. The summed E-state index contributed by atoms with van der Waals surface area (Å²) in [4.78, 5) is 11.8. The third-order valence-electron chi connectivity index (χ3n) is 3.19. The van der Waals surface area contributed by atoms with Crippen molar-refractivity contribution >= 4 is 6.09 Å². The van der Waals surface area contributed by atoms with Crippen molar-refractivity contribution < 1.29 is 9.53 Å². The molecule has 1 atom stereocenters. The van der Waals surface area contributed by atoms with E-state index in [1.54, 1.807) is 0 Å². The number of nitrogens with one attached hydrogen (secondary N) is 1. The number of nitrogens with two attached hydrogens (primary N) is 1. The fourth-order valence-corrected chi connectivity index (χ4v) is 1.97. The quantitative estimate of drug-likeness (QED) is 0.890. The summed E-state index contributed by atoms with van der Waals surface area (Å²) in [5.74, 6) is 0. The minimum Gasteiger partial charge on any atom is -0.444 e. The first kappa shape index (κ1) is 16.5. The van der Waals surface area contributed by atoms with Crippen LogP contribution in [0.25, 0.3) is 0 Å². The highest BCUT2D eigenvalue weighted by atomic mass is 16.6. The van der Waals surface area contributed by atoms with E-state index in [-0.39, 0.29) is 6.04 Å². The first-order valence-corrected chi connectivity index (χ1v) is 6.97. The molecule has 20 heavy (non-hydrogen) atoms.